The molecule has 0 heterocycles. The molecule has 0 fully saturated rings. The van der Waals surface area contributed by atoms with Gasteiger partial charge in [-0.2, -0.15) is 13.2 Å². The van der Waals surface area contributed by atoms with Crippen molar-refractivity contribution in [2.75, 3.05) is 11.9 Å². The van der Waals surface area contributed by atoms with Gasteiger partial charge < -0.3 is 4.74 Å². The van der Waals surface area contributed by atoms with Gasteiger partial charge in [0.2, 0.25) is 0 Å². The van der Waals surface area contributed by atoms with Crippen molar-refractivity contribution in [1.29, 1.82) is 0 Å². The second-order valence-electron chi connectivity index (χ2n) is 3.84. The van der Waals surface area contributed by atoms with Gasteiger partial charge in [-0.1, -0.05) is 29.8 Å². The zero-order valence-corrected chi connectivity index (χ0v) is 10.9. The topological polar surface area (TPSA) is 9.23 Å². The molecule has 0 saturated carbocycles. The lowest BCUT2D eigenvalue weighted by Gasteiger charge is -2.31. The molecule has 1 unspecified atom stereocenters. The van der Waals surface area contributed by atoms with Crippen LogP contribution in [0.1, 0.15) is 33.6 Å². The Bertz CT molecular complexity index is 170. The Kier molecular flexibility index (Phi) is 6.18. The molecule has 0 aromatic carbocycles. The Hall–Kier alpha value is 0.230. The monoisotopic (exact) mass is 290 g/mol. The van der Waals surface area contributed by atoms with E-state index in [0.717, 1.165) is 19.8 Å². The fourth-order valence-electron chi connectivity index (χ4n) is 1.08. The van der Waals surface area contributed by atoms with Crippen LogP contribution in [-0.4, -0.2) is 24.2 Å². The predicted octanol–water partition coefficient (Wildman–Crippen LogP) is 4.16. The predicted molar refractivity (Wildman–Crippen MR) is 58.3 cm³/mol. The van der Waals surface area contributed by atoms with Gasteiger partial charge in [0.15, 0.2) is 6.10 Å². The van der Waals surface area contributed by atoms with Crippen molar-refractivity contribution in [1.82, 2.24) is 0 Å². The summed E-state index contributed by atoms with van der Waals surface area (Å²) in [6.45, 7) is 5.12. The molecule has 0 aliphatic heterocycles. The van der Waals surface area contributed by atoms with Gasteiger partial charge in [0.25, 0.3) is 0 Å². The van der Waals surface area contributed by atoms with Crippen LogP contribution in [0.15, 0.2) is 0 Å². The highest BCUT2D eigenvalue weighted by Gasteiger charge is 2.38. The number of hydrogen-bond donors (Lipinski definition) is 0. The van der Waals surface area contributed by atoms with E-state index in [1.807, 2.05) is 13.8 Å². The second-order valence-corrected chi connectivity index (χ2v) is 4.40. The van der Waals surface area contributed by atoms with Gasteiger partial charge in [-0.05, 0) is 19.8 Å². The molecule has 0 amide bonds. The molecule has 0 aliphatic rings. The fourth-order valence-corrected chi connectivity index (χ4v) is 2.03. The third-order valence-electron chi connectivity index (χ3n) is 2.88. The molecule has 0 aliphatic carbocycles. The van der Waals surface area contributed by atoms with Crippen molar-refractivity contribution in [3.05, 3.63) is 0 Å². The first-order chi connectivity index (χ1) is 6.81. The van der Waals surface area contributed by atoms with E-state index in [1.54, 1.807) is 0 Å². The lowest BCUT2D eigenvalue weighted by Crippen LogP contribution is -2.35. The second kappa shape index (κ2) is 6.09. The molecular weight excluding hydrogens is 273 g/mol. The highest BCUT2D eigenvalue weighted by atomic mass is 79.9. The van der Waals surface area contributed by atoms with Crippen molar-refractivity contribution < 1.29 is 17.9 Å². The summed E-state index contributed by atoms with van der Waals surface area (Å²) in [6.07, 6.45) is -4.34. The summed E-state index contributed by atoms with van der Waals surface area (Å²) in [7, 11) is 0. The minimum absolute atomic E-state index is 0.145. The van der Waals surface area contributed by atoms with E-state index >= 15 is 0 Å². The van der Waals surface area contributed by atoms with Crippen molar-refractivity contribution >= 4 is 15.9 Å². The van der Waals surface area contributed by atoms with Crippen LogP contribution in [0.3, 0.4) is 0 Å². The number of ether oxygens (including phenoxy) is 1. The SMILES string of the molecule is CCC(CC)(CBr)COC(C)C(F)(F)F. The summed E-state index contributed by atoms with van der Waals surface area (Å²) in [5.74, 6) is 0. The summed E-state index contributed by atoms with van der Waals surface area (Å²) in [4.78, 5) is 0. The Morgan fingerprint density at radius 2 is 1.67 bits per heavy atom. The Morgan fingerprint density at radius 3 is 1.93 bits per heavy atom. The maximum absolute atomic E-state index is 12.2. The van der Waals surface area contributed by atoms with E-state index in [1.165, 1.54) is 0 Å². The molecule has 1 atom stereocenters. The average Bonchev–Trinajstić information content (AvgIpc) is 2.19. The lowest BCUT2D eigenvalue weighted by molar-refractivity contribution is -0.220. The highest BCUT2D eigenvalue weighted by molar-refractivity contribution is 9.09. The van der Waals surface area contributed by atoms with Crippen LogP contribution >= 0.6 is 15.9 Å². The van der Waals surface area contributed by atoms with E-state index in [2.05, 4.69) is 15.9 Å². The minimum atomic E-state index is -4.26. The van der Waals surface area contributed by atoms with Crippen LogP contribution in [0.25, 0.3) is 0 Å². The van der Waals surface area contributed by atoms with Crippen LogP contribution in [-0.2, 0) is 4.74 Å². The summed E-state index contributed by atoms with van der Waals surface area (Å²) in [5, 5.41) is 0.664. The first kappa shape index (κ1) is 15.2. The van der Waals surface area contributed by atoms with Crippen molar-refractivity contribution in [3.63, 3.8) is 0 Å². The molecule has 5 heteroatoms. The average molecular weight is 291 g/mol. The van der Waals surface area contributed by atoms with Crippen molar-refractivity contribution in [2.24, 2.45) is 5.41 Å². The highest BCUT2D eigenvalue weighted by Crippen LogP contribution is 2.31. The van der Waals surface area contributed by atoms with Crippen molar-refractivity contribution in [2.45, 2.75) is 45.9 Å². The molecule has 0 aromatic heterocycles. The normalized spacial score (nSPS) is 15.4. The number of rotatable bonds is 6. The van der Waals surface area contributed by atoms with Crippen LogP contribution in [0.2, 0.25) is 0 Å². The summed E-state index contributed by atoms with van der Waals surface area (Å²) < 4.78 is 41.5. The lowest BCUT2D eigenvalue weighted by atomic mass is 9.86. The zero-order chi connectivity index (χ0) is 12.1. The first-order valence-electron chi connectivity index (χ1n) is 5.05. The van der Waals surface area contributed by atoms with E-state index in [-0.39, 0.29) is 12.0 Å². The Morgan fingerprint density at radius 1 is 1.20 bits per heavy atom. The third kappa shape index (κ3) is 4.72. The smallest absolute Gasteiger partial charge is 0.368 e. The van der Waals surface area contributed by atoms with Crippen LogP contribution in [0, 0.1) is 5.41 Å². The largest absolute Gasteiger partial charge is 0.414 e. The minimum Gasteiger partial charge on any atom is -0.368 e. The standard InChI is InChI=1S/C10H18BrF3O/c1-4-9(5-2,6-11)7-15-8(3)10(12,13)14/h8H,4-7H2,1-3H3. The summed E-state index contributed by atoms with van der Waals surface area (Å²) >= 11 is 3.33. The van der Waals surface area contributed by atoms with Crippen LogP contribution < -0.4 is 0 Å². The summed E-state index contributed by atoms with van der Waals surface area (Å²) in [5.41, 5.74) is -0.181. The molecule has 0 saturated heterocycles. The molecule has 0 spiro atoms. The van der Waals surface area contributed by atoms with Gasteiger partial charge in [0.05, 0.1) is 6.61 Å². The van der Waals surface area contributed by atoms with Crippen LogP contribution in [0.4, 0.5) is 13.2 Å². The van der Waals surface area contributed by atoms with Gasteiger partial charge in [-0.3, -0.25) is 0 Å². The maximum atomic E-state index is 12.2. The first-order valence-corrected chi connectivity index (χ1v) is 6.17. The fraction of sp³-hybridized carbons (Fsp3) is 1.00. The Labute approximate surface area is 97.5 Å². The van der Waals surface area contributed by atoms with E-state index < -0.39 is 12.3 Å². The molecule has 0 rings (SSSR count). The van der Waals surface area contributed by atoms with Gasteiger partial charge in [-0.15, -0.1) is 0 Å². The van der Waals surface area contributed by atoms with Gasteiger partial charge in [0.1, 0.15) is 0 Å². The van der Waals surface area contributed by atoms with Gasteiger partial charge in [-0.25, -0.2) is 0 Å². The van der Waals surface area contributed by atoms with Crippen molar-refractivity contribution in [3.8, 4) is 0 Å². The van der Waals surface area contributed by atoms with Gasteiger partial charge in [0, 0.05) is 10.7 Å². The van der Waals surface area contributed by atoms with E-state index in [9.17, 15) is 13.2 Å². The Balaban J connectivity index is 4.23. The quantitative estimate of drug-likeness (QED) is 0.668. The van der Waals surface area contributed by atoms with E-state index in [4.69, 9.17) is 4.74 Å². The van der Waals surface area contributed by atoms with E-state index in [0.29, 0.717) is 5.33 Å². The number of halogens is 4. The molecule has 0 N–H and O–H groups in total. The molecule has 0 radical (unpaired) electrons. The third-order valence-corrected chi connectivity index (χ3v) is 4.07. The van der Waals surface area contributed by atoms with Crippen LogP contribution in [0.5, 0.6) is 0 Å². The molecule has 1 nitrogen and oxygen atoms in total. The zero-order valence-electron chi connectivity index (χ0n) is 9.33. The molecule has 92 valence electrons. The molecule has 0 aromatic rings. The number of alkyl halides is 4. The maximum Gasteiger partial charge on any atom is 0.414 e. The molecule has 0 bridgehead atoms. The molecule has 15 heavy (non-hydrogen) atoms. The molecular formula is C10H18BrF3O. The van der Waals surface area contributed by atoms with Gasteiger partial charge >= 0.3 is 6.18 Å². The number of hydrogen-bond acceptors (Lipinski definition) is 1. The summed E-state index contributed by atoms with van der Waals surface area (Å²) in [6, 6.07) is 0.